The zero-order chi connectivity index (χ0) is 17.9. The summed E-state index contributed by atoms with van der Waals surface area (Å²) in [4.78, 5) is 12.5. The third-order valence-corrected chi connectivity index (χ3v) is 4.62. The molecule has 7 heteroatoms. The van der Waals surface area contributed by atoms with Crippen molar-refractivity contribution < 1.29 is 14.3 Å². The van der Waals surface area contributed by atoms with E-state index in [0.29, 0.717) is 16.9 Å². The van der Waals surface area contributed by atoms with E-state index in [1.807, 2.05) is 36.5 Å². The summed E-state index contributed by atoms with van der Waals surface area (Å²) in [5.74, 6) is 0.185. The molecule has 3 rings (SSSR count). The van der Waals surface area contributed by atoms with Crippen molar-refractivity contribution in [2.45, 2.75) is 38.4 Å². The minimum Gasteiger partial charge on any atom is -0.460 e. The Hall–Kier alpha value is -1.86. The lowest BCUT2D eigenvalue weighted by Crippen LogP contribution is -2.48. The molecule has 2 heterocycles. The molecular formula is C18H22BrN3O3. The van der Waals surface area contributed by atoms with Crippen LogP contribution in [0.15, 0.2) is 41.0 Å². The van der Waals surface area contributed by atoms with Crippen molar-refractivity contribution in [1.29, 1.82) is 0 Å². The summed E-state index contributed by atoms with van der Waals surface area (Å²) in [6, 6.07) is 9.72. The van der Waals surface area contributed by atoms with E-state index in [9.17, 15) is 4.79 Å². The van der Waals surface area contributed by atoms with Crippen LogP contribution in [0.3, 0.4) is 0 Å². The number of nitrogens with one attached hydrogen (secondary N) is 1. The molecule has 0 spiro atoms. The average Bonchev–Trinajstić information content (AvgIpc) is 3.23. The van der Waals surface area contributed by atoms with E-state index in [2.05, 4.69) is 26.3 Å². The fourth-order valence-electron chi connectivity index (χ4n) is 2.63. The maximum Gasteiger partial charge on any atom is 0.263 e. The summed E-state index contributed by atoms with van der Waals surface area (Å²) in [5, 5.41) is 7.33. The van der Waals surface area contributed by atoms with Gasteiger partial charge in [-0.1, -0.05) is 18.2 Å². The summed E-state index contributed by atoms with van der Waals surface area (Å²) in [6.07, 6.45) is 3.94. The van der Waals surface area contributed by atoms with Crippen LogP contribution in [0.2, 0.25) is 0 Å². The third kappa shape index (κ3) is 4.41. The van der Waals surface area contributed by atoms with Crippen LogP contribution in [-0.4, -0.2) is 40.5 Å². The lowest BCUT2D eigenvalue weighted by atomic mass is 10.1. The molecule has 0 radical (unpaired) electrons. The van der Waals surface area contributed by atoms with Gasteiger partial charge in [0.1, 0.15) is 0 Å². The van der Waals surface area contributed by atoms with Crippen molar-refractivity contribution in [3.05, 3.63) is 41.0 Å². The number of rotatable bonds is 6. The quantitative estimate of drug-likeness (QED) is 0.798. The predicted molar refractivity (Wildman–Crippen MR) is 98.0 cm³/mol. The van der Waals surface area contributed by atoms with E-state index in [1.165, 1.54) is 0 Å². The van der Waals surface area contributed by atoms with Gasteiger partial charge in [-0.25, -0.2) is 4.68 Å². The van der Waals surface area contributed by atoms with E-state index in [-0.39, 0.29) is 12.0 Å². The van der Waals surface area contributed by atoms with Crippen molar-refractivity contribution in [1.82, 2.24) is 15.1 Å². The molecule has 1 unspecified atom stereocenters. The minimum absolute atomic E-state index is 0.101. The van der Waals surface area contributed by atoms with Gasteiger partial charge >= 0.3 is 0 Å². The first-order valence-corrected chi connectivity index (χ1v) is 9.14. The standard InChI is InChI=1S/C18H22BrN3O3/c1-18(2,17(23)20-11-14-9-6-10-24-14)25-16-15(19)12-22(21-16)13-7-4-3-5-8-13/h3-5,7-8,12,14H,6,9-11H2,1-2H3,(H,20,23). The van der Waals surface area contributed by atoms with Crippen LogP contribution < -0.4 is 10.1 Å². The molecule has 6 nitrogen and oxygen atoms in total. The molecule has 134 valence electrons. The predicted octanol–water partition coefficient (Wildman–Crippen LogP) is 3.09. The second-order valence-electron chi connectivity index (χ2n) is 6.52. The van der Waals surface area contributed by atoms with Crippen LogP contribution in [0.4, 0.5) is 0 Å². The molecule has 0 bridgehead atoms. The fourth-order valence-corrected chi connectivity index (χ4v) is 2.99. The largest absolute Gasteiger partial charge is 0.460 e. The number of carbonyl (C=O) groups excluding carboxylic acids is 1. The molecule has 1 aromatic carbocycles. The number of hydrogen-bond acceptors (Lipinski definition) is 4. The van der Waals surface area contributed by atoms with Crippen molar-refractivity contribution in [2.24, 2.45) is 0 Å². The number of halogens is 1. The van der Waals surface area contributed by atoms with Gasteiger partial charge in [0.25, 0.3) is 5.91 Å². The number of ether oxygens (including phenoxy) is 2. The summed E-state index contributed by atoms with van der Waals surface area (Å²) in [7, 11) is 0. The highest BCUT2D eigenvalue weighted by atomic mass is 79.9. The Balaban J connectivity index is 1.65. The molecule has 1 N–H and O–H groups in total. The Labute approximate surface area is 155 Å². The van der Waals surface area contributed by atoms with E-state index in [4.69, 9.17) is 9.47 Å². The molecular weight excluding hydrogens is 386 g/mol. The Kier molecular flexibility index (Phi) is 5.44. The molecule has 1 fully saturated rings. The second-order valence-corrected chi connectivity index (χ2v) is 7.37. The van der Waals surface area contributed by atoms with Gasteiger partial charge in [0.05, 0.1) is 16.3 Å². The van der Waals surface area contributed by atoms with Gasteiger partial charge in [0, 0.05) is 19.3 Å². The fraction of sp³-hybridized carbons (Fsp3) is 0.444. The molecule has 0 saturated carbocycles. The highest BCUT2D eigenvalue weighted by Crippen LogP contribution is 2.28. The van der Waals surface area contributed by atoms with Gasteiger partial charge in [0.2, 0.25) is 5.88 Å². The summed E-state index contributed by atoms with van der Waals surface area (Å²) in [6.45, 7) is 4.73. The first-order chi connectivity index (χ1) is 12.0. The number of nitrogens with zero attached hydrogens (tertiary/aromatic N) is 2. The maximum atomic E-state index is 12.5. The SMILES string of the molecule is CC(C)(Oc1nn(-c2ccccc2)cc1Br)C(=O)NCC1CCCO1. The number of para-hydroxylation sites is 1. The smallest absolute Gasteiger partial charge is 0.263 e. The number of amides is 1. The van der Waals surface area contributed by atoms with Crippen molar-refractivity contribution in [2.75, 3.05) is 13.2 Å². The Morgan fingerprint density at radius 2 is 2.20 bits per heavy atom. The third-order valence-electron chi connectivity index (χ3n) is 4.07. The number of aromatic nitrogens is 2. The van der Waals surface area contributed by atoms with Crippen LogP contribution in [-0.2, 0) is 9.53 Å². The van der Waals surface area contributed by atoms with Crippen LogP contribution in [0.5, 0.6) is 5.88 Å². The van der Waals surface area contributed by atoms with E-state index < -0.39 is 5.60 Å². The second kappa shape index (κ2) is 7.58. The van der Waals surface area contributed by atoms with Crippen LogP contribution >= 0.6 is 15.9 Å². The monoisotopic (exact) mass is 407 g/mol. The van der Waals surface area contributed by atoms with Gasteiger partial charge in [-0.2, -0.15) is 0 Å². The highest BCUT2D eigenvalue weighted by molar-refractivity contribution is 9.10. The first-order valence-electron chi connectivity index (χ1n) is 8.35. The Morgan fingerprint density at radius 3 is 2.88 bits per heavy atom. The van der Waals surface area contributed by atoms with Gasteiger partial charge in [-0.15, -0.1) is 5.10 Å². The van der Waals surface area contributed by atoms with Gasteiger partial charge < -0.3 is 14.8 Å². The molecule has 1 aliphatic rings. The van der Waals surface area contributed by atoms with E-state index in [1.54, 1.807) is 18.5 Å². The topological polar surface area (TPSA) is 65.4 Å². The average molecular weight is 408 g/mol. The molecule has 1 aliphatic heterocycles. The van der Waals surface area contributed by atoms with Gasteiger partial charge in [0.15, 0.2) is 5.60 Å². The van der Waals surface area contributed by atoms with Gasteiger partial charge in [-0.3, -0.25) is 4.79 Å². The first kappa shape index (κ1) is 17.9. The zero-order valence-corrected chi connectivity index (χ0v) is 16.0. The highest BCUT2D eigenvalue weighted by Gasteiger charge is 2.32. The summed E-state index contributed by atoms with van der Waals surface area (Å²) in [5.41, 5.74) is -0.129. The lowest BCUT2D eigenvalue weighted by Gasteiger charge is -2.25. The zero-order valence-electron chi connectivity index (χ0n) is 14.4. The number of benzene rings is 1. The Morgan fingerprint density at radius 1 is 1.44 bits per heavy atom. The Bertz CT molecular complexity index is 724. The minimum atomic E-state index is -1.04. The maximum absolute atomic E-state index is 12.5. The van der Waals surface area contributed by atoms with E-state index >= 15 is 0 Å². The molecule has 1 aromatic heterocycles. The summed E-state index contributed by atoms with van der Waals surface area (Å²) >= 11 is 3.45. The van der Waals surface area contributed by atoms with Crippen LogP contribution in [0, 0.1) is 0 Å². The van der Waals surface area contributed by atoms with Crippen LogP contribution in [0.25, 0.3) is 5.69 Å². The van der Waals surface area contributed by atoms with Crippen LogP contribution in [0.1, 0.15) is 26.7 Å². The number of carbonyl (C=O) groups is 1. The molecule has 25 heavy (non-hydrogen) atoms. The number of hydrogen-bond donors (Lipinski definition) is 1. The summed E-state index contributed by atoms with van der Waals surface area (Å²) < 4.78 is 13.8. The molecule has 0 aliphatic carbocycles. The van der Waals surface area contributed by atoms with Crippen molar-refractivity contribution in [3.8, 4) is 11.6 Å². The van der Waals surface area contributed by atoms with Crippen molar-refractivity contribution >= 4 is 21.8 Å². The molecule has 2 aromatic rings. The van der Waals surface area contributed by atoms with E-state index in [0.717, 1.165) is 25.1 Å². The molecule has 1 atom stereocenters. The molecule has 1 amide bonds. The van der Waals surface area contributed by atoms with Gasteiger partial charge in [-0.05, 0) is 54.8 Å². The normalized spacial score (nSPS) is 17.5. The molecule has 1 saturated heterocycles. The van der Waals surface area contributed by atoms with Crippen molar-refractivity contribution in [3.63, 3.8) is 0 Å². The lowest BCUT2D eigenvalue weighted by molar-refractivity contribution is -0.134.